The number of hydrogen-bond acceptors (Lipinski definition) is 5. The lowest BCUT2D eigenvalue weighted by Gasteiger charge is -2.22. The lowest BCUT2D eigenvalue weighted by molar-refractivity contribution is -0.143. The molecule has 0 spiro atoms. The summed E-state index contributed by atoms with van der Waals surface area (Å²) in [6.45, 7) is 4.94. The molecule has 0 aromatic carbocycles. The zero-order valence-electron chi connectivity index (χ0n) is 41.2. The largest absolute Gasteiger partial charge is 0.466 e. The number of unbranched alkanes of at least 4 members (excludes halogenated alkanes) is 38. The molecule has 6 heteroatoms. The predicted molar refractivity (Wildman–Crippen MR) is 264 cm³/mol. The summed E-state index contributed by atoms with van der Waals surface area (Å²) in [6, 6.07) is -0.548. The minimum absolute atomic E-state index is 0.000714. The highest BCUT2D eigenvalue weighted by molar-refractivity contribution is 5.76. The van der Waals surface area contributed by atoms with Gasteiger partial charge in [0.15, 0.2) is 0 Å². The molecule has 2 unspecified atom stereocenters. The van der Waals surface area contributed by atoms with E-state index in [4.69, 9.17) is 4.74 Å². The van der Waals surface area contributed by atoms with Crippen LogP contribution in [0.25, 0.3) is 0 Å². The molecule has 6 nitrogen and oxygen atoms in total. The number of carbonyl (C=O) groups is 2. The molecular weight excluding hydrogens is 755 g/mol. The van der Waals surface area contributed by atoms with Crippen molar-refractivity contribution in [1.29, 1.82) is 0 Å². The first-order valence-corrected chi connectivity index (χ1v) is 27.4. The van der Waals surface area contributed by atoms with E-state index in [0.29, 0.717) is 25.9 Å². The average molecular weight is 862 g/mol. The zero-order chi connectivity index (χ0) is 44.4. The molecule has 0 rings (SSSR count). The molecule has 0 aromatic heterocycles. The minimum Gasteiger partial charge on any atom is -0.466 e. The fraction of sp³-hybridized carbons (Fsp3) is 0.927. The molecule has 61 heavy (non-hydrogen) atoms. The number of amides is 1. The Morgan fingerprint density at radius 1 is 0.443 bits per heavy atom. The SMILES string of the molecule is CCCCCCCCCCCCCCCCC(=O)OCCCCCCCC/C=C\CCCCCCCCCC(=O)NC(CO)C(O)CCCCCCCCCCCCCCC. The Bertz CT molecular complexity index is 909. The van der Waals surface area contributed by atoms with Crippen LogP contribution in [0.1, 0.15) is 303 Å². The van der Waals surface area contributed by atoms with Crippen molar-refractivity contribution in [3.05, 3.63) is 12.2 Å². The van der Waals surface area contributed by atoms with Crippen LogP contribution in [0.5, 0.6) is 0 Å². The first kappa shape index (κ1) is 59.6. The van der Waals surface area contributed by atoms with Crippen LogP contribution in [0, 0.1) is 0 Å². The quantitative estimate of drug-likeness (QED) is 0.0322. The molecule has 0 heterocycles. The molecule has 362 valence electrons. The molecule has 2 atom stereocenters. The lowest BCUT2D eigenvalue weighted by Crippen LogP contribution is -2.45. The highest BCUT2D eigenvalue weighted by atomic mass is 16.5. The summed E-state index contributed by atoms with van der Waals surface area (Å²) >= 11 is 0. The smallest absolute Gasteiger partial charge is 0.305 e. The molecule has 0 saturated heterocycles. The third-order valence-corrected chi connectivity index (χ3v) is 12.8. The van der Waals surface area contributed by atoms with Gasteiger partial charge in [0.05, 0.1) is 25.4 Å². The van der Waals surface area contributed by atoms with Gasteiger partial charge in [-0.1, -0.05) is 251 Å². The van der Waals surface area contributed by atoms with Crippen molar-refractivity contribution < 1.29 is 24.5 Å². The number of esters is 1. The van der Waals surface area contributed by atoms with E-state index in [9.17, 15) is 19.8 Å². The molecular formula is C55H107NO5. The monoisotopic (exact) mass is 862 g/mol. The first-order valence-electron chi connectivity index (χ1n) is 27.4. The average Bonchev–Trinajstić information content (AvgIpc) is 3.26. The van der Waals surface area contributed by atoms with E-state index in [1.807, 2.05) is 0 Å². The van der Waals surface area contributed by atoms with Crippen LogP contribution in [-0.4, -0.2) is 47.4 Å². The van der Waals surface area contributed by atoms with Crippen molar-refractivity contribution in [2.45, 2.75) is 315 Å². The normalized spacial score (nSPS) is 12.7. The van der Waals surface area contributed by atoms with E-state index < -0.39 is 12.1 Å². The van der Waals surface area contributed by atoms with E-state index in [0.717, 1.165) is 51.4 Å². The summed E-state index contributed by atoms with van der Waals surface area (Å²) in [5.74, 6) is -0.0455. The summed E-state index contributed by atoms with van der Waals surface area (Å²) in [6.07, 6.45) is 59.0. The number of hydrogen-bond donors (Lipinski definition) is 3. The van der Waals surface area contributed by atoms with Gasteiger partial charge in [0.1, 0.15) is 0 Å². The van der Waals surface area contributed by atoms with Gasteiger partial charge in [-0.2, -0.15) is 0 Å². The molecule has 0 radical (unpaired) electrons. The second-order valence-electron chi connectivity index (χ2n) is 18.9. The van der Waals surface area contributed by atoms with Gasteiger partial charge in [0.25, 0.3) is 0 Å². The van der Waals surface area contributed by atoms with Crippen LogP contribution >= 0.6 is 0 Å². The Morgan fingerprint density at radius 3 is 1.16 bits per heavy atom. The summed E-state index contributed by atoms with van der Waals surface area (Å²) in [5.41, 5.74) is 0. The van der Waals surface area contributed by atoms with Crippen LogP contribution in [0.3, 0.4) is 0 Å². The Balaban J connectivity index is 3.44. The van der Waals surface area contributed by atoms with E-state index in [-0.39, 0.29) is 18.5 Å². The van der Waals surface area contributed by atoms with Gasteiger partial charge >= 0.3 is 5.97 Å². The molecule has 0 fully saturated rings. The van der Waals surface area contributed by atoms with Crippen molar-refractivity contribution in [3.63, 3.8) is 0 Å². The molecule has 0 aliphatic rings. The molecule has 0 aliphatic heterocycles. The second kappa shape index (κ2) is 51.2. The van der Waals surface area contributed by atoms with Crippen molar-refractivity contribution in [2.75, 3.05) is 13.2 Å². The Hall–Kier alpha value is -1.40. The Kier molecular flexibility index (Phi) is 50.1. The molecule has 3 N–H and O–H groups in total. The second-order valence-corrected chi connectivity index (χ2v) is 18.9. The summed E-state index contributed by atoms with van der Waals surface area (Å²) in [5, 5.41) is 23.2. The maximum absolute atomic E-state index is 12.4. The van der Waals surface area contributed by atoms with Gasteiger partial charge in [0.2, 0.25) is 5.91 Å². The van der Waals surface area contributed by atoms with Gasteiger partial charge in [-0.05, 0) is 51.4 Å². The van der Waals surface area contributed by atoms with Crippen LogP contribution in [0.2, 0.25) is 0 Å². The fourth-order valence-corrected chi connectivity index (χ4v) is 8.58. The molecule has 0 bridgehead atoms. The zero-order valence-corrected chi connectivity index (χ0v) is 41.2. The Morgan fingerprint density at radius 2 is 0.770 bits per heavy atom. The van der Waals surface area contributed by atoms with Crippen molar-refractivity contribution in [3.8, 4) is 0 Å². The van der Waals surface area contributed by atoms with E-state index >= 15 is 0 Å². The van der Waals surface area contributed by atoms with Gasteiger partial charge in [-0.3, -0.25) is 9.59 Å². The number of carbonyl (C=O) groups excluding carboxylic acids is 2. The van der Waals surface area contributed by atoms with Crippen LogP contribution in [0.4, 0.5) is 0 Å². The molecule has 0 aliphatic carbocycles. The topological polar surface area (TPSA) is 95.9 Å². The maximum Gasteiger partial charge on any atom is 0.305 e. The Labute approximate surface area is 380 Å². The van der Waals surface area contributed by atoms with Crippen molar-refractivity contribution in [2.24, 2.45) is 0 Å². The van der Waals surface area contributed by atoms with E-state index in [2.05, 4.69) is 31.3 Å². The predicted octanol–water partition coefficient (Wildman–Crippen LogP) is 16.5. The fourth-order valence-electron chi connectivity index (χ4n) is 8.58. The number of rotatable bonds is 51. The lowest BCUT2D eigenvalue weighted by atomic mass is 10.0. The molecule has 1 amide bonds. The van der Waals surface area contributed by atoms with Crippen molar-refractivity contribution >= 4 is 11.9 Å². The first-order chi connectivity index (χ1) is 30.0. The highest BCUT2D eigenvalue weighted by Crippen LogP contribution is 2.17. The van der Waals surface area contributed by atoms with E-state index in [1.54, 1.807) is 0 Å². The standard InChI is InChI=1S/C55H107NO5/c1-3-5-7-9-11-13-15-17-25-29-33-37-41-45-49-55(60)61-50-46-42-38-34-30-26-22-20-18-19-21-24-28-32-36-40-44-48-54(59)56-52(51-57)53(58)47-43-39-35-31-27-23-16-14-12-10-8-6-4-2/h18,20,52-53,57-58H,3-17,19,21-51H2,1-2H3,(H,56,59)/b20-18-. The molecule has 0 saturated carbocycles. The number of ether oxygens (including phenoxy) is 1. The summed E-state index contributed by atoms with van der Waals surface area (Å²) < 4.78 is 5.47. The van der Waals surface area contributed by atoms with Gasteiger partial charge in [0, 0.05) is 12.8 Å². The maximum atomic E-state index is 12.4. The van der Waals surface area contributed by atoms with Gasteiger partial charge in [-0.25, -0.2) is 0 Å². The third kappa shape index (κ3) is 47.9. The third-order valence-electron chi connectivity index (χ3n) is 12.8. The van der Waals surface area contributed by atoms with E-state index in [1.165, 1.54) is 218 Å². The number of allylic oxidation sites excluding steroid dienone is 2. The number of nitrogens with one attached hydrogen (secondary N) is 1. The van der Waals surface area contributed by atoms with Crippen molar-refractivity contribution in [1.82, 2.24) is 5.32 Å². The minimum atomic E-state index is -0.670. The van der Waals surface area contributed by atoms with Gasteiger partial charge in [-0.15, -0.1) is 0 Å². The summed E-state index contributed by atoms with van der Waals surface area (Å²) in [4.78, 5) is 24.5. The number of aliphatic hydroxyl groups is 2. The van der Waals surface area contributed by atoms with Crippen LogP contribution < -0.4 is 5.32 Å². The van der Waals surface area contributed by atoms with Gasteiger partial charge < -0.3 is 20.3 Å². The molecule has 0 aromatic rings. The van der Waals surface area contributed by atoms with Crippen LogP contribution in [0.15, 0.2) is 12.2 Å². The van der Waals surface area contributed by atoms with Crippen LogP contribution in [-0.2, 0) is 14.3 Å². The summed E-state index contributed by atoms with van der Waals surface area (Å²) in [7, 11) is 0. The number of aliphatic hydroxyl groups excluding tert-OH is 2. The highest BCUT2D eigenvalue weighted by Gasteiger charge is 2.20.